The van der Waals surface area contributed by atoms with Crippen molar-refractivity contribution in [3.8, 4) is 0 Å². The van der Waals surface area contributed by atoms with Crippen molar-refractivity contribution in [3.63, 3.8) is 0 Å². The molecule has 1 aromatic rings. The largest absolute Gasteiger partial charge is 0.481 e. The number of carboxylic acid groups (broad SMARTS) is 1. The summed E-state index contributed by atoms with van der Waals surface area (Å²) in [5, 5.41) is 15.8. The first kappa shape index (κ1) is 15.3. The van der Waals surface area contributed by atoms with Crippen molar-refractivity contribution < 1.29 is 19.2 Å². The summed E-state index contributed by atoms with van der Waals surface area (Å²) in [6.07, 6.45) is 3.34. The summed E-state index contributed by atoms with van der Waals surface area (Å²) in [7, 11) is 0. The molecule has 2 heterocycles. The van der Waals surface area contributed by atoms with Crippen LogP contribution in [0.3, 0.4) is 0 Å². The molecule has 2 rings (SSSR count). The lowest BCUT2D eigenvalue weighted by Crippen LogP contribution is -2.49. The van der Waals surface area contributed by atoms with Crippen LogP contribution in [0.5, 0.6) is 0 Å². The molecule has 1 fully saturated rings. The third-order valence-corrected chi connectivity index (χ3v) is 4.17. The van der Waals surface area contributed by atoms with Gasteiger partial charge in [0.1, 0.15) is 0 Å². The number of aromatic nitrogens is 2. The number of urea groups is 1. The zero-order chi connectivity index (χ0) is 15.3. The number of hydrogen-bond donors (Lipinski definition) is 2. The van der Waals surface area contributed by atoms with E-state index in [0.717, 1.165) is 0 Å². The molecule has 1 aromatic heterocycles. The number of aliphatic carboxylic acids is 1. The van der Waals surface area contributed by atoms with Crippen LogP contribution in [0, 0.1) is 5.41 Å². The minimum atomic E-state index is -0.762. The van der Waals surface area contributed by atoms with Gasteiger partial charge < -0.3 is 19.8 Å². The van der Waals surface area contributed by atoms with E-state index in [1.165, 1.54) is 6.39 Å². The van der Waals surface area contributed by atoms with Crippen molar-refractivity contribution in [1.29, 1.82) is 0 Å². The van der Waals surface area contributed by atoms with E-state index in [9.17, 15) is 14.7 Å². The first-order valence-corrected chi connectivity index (χ1v) is 7.09. The Balaban J connectivity index is 1.76. The molecule has 2 amide bonds. The van der Waals surface area contributed by atoms with Crippen LogP contribution in [-0.4, -0.2) is 51.8 Å². The van der Waals surface area contributed by atoms with Crippen LogP contribution in [0.15, 0.2) is 10.9 Å². The molecule has 1 aliphatic heterocycles. The zero-order valence-corrected chi connectivity index (χ0v) is 12.0. The lowest BCUT2D eigenvalue weighted by atomic mass is 9.76. The molecule has 1 aliphatic rings. The van der Waals surface area contributed by atoms with E-state index in [2.05, 4.69) is 20.0 Å². The summed E-state index contributed by atoms with van der Waals surface area (Å²) in [5.41, 5.74) is -0.679. The highest BCUT2D eigenvalue weighted by Crippen LogP contribution is 2.35. The van der Waals surface area contributed by atoms with E-state index < -0.39 is 11.4 Å². The molecule has 0 radical (unpaired) electrons. The predicted molar refractivity (Wildman–Crippen MR) is 72.6 cm³/mol. The Kier molecular flexibility index (Phi) is 4.77. The van der Waals surface area contributed by atoms with Gasteiger partial charge >= 0.3 is 12.0 Å². The molecule has 0 unspecified atom stereocenters. The van der Waals surface area contributed by atoms with Crippen molar-refractivity contribution in [2.75, 3.05) is 19.6 Å². The fourth-order valence-corrected chi connectivity index (χ4v) is 2.55. The Morgan fingerprint density at radius 2 is 2.19 bits per heavy atom. The lowest BCUT2D eigenvalue weighted by molar-refractivity contribution is -0.151. The molecule has 116 valence electrons. The summed E-state index contributed by atoms with van der Waals surface area (Å²) >= 11 is 0. The van der Waals surface area contributed by atoms with Crippen LogP contribution in [-0.2, 0) is 11.2 Å². The number of piperidine rings is 1. The topological polar surface area (TPSA) is 109 Å². The number of carbonyl (C=O) groups is 2. The lowest BCUT2D eigenvalue weighted by Gasteiger charge is -2.38. The van der Waals surface area contributed by atoms with Crippen molar-refractivity contribution in [1.82, 2.24) is 20.4 Å². The molecule has 0 saturated carbocycles. The number of carboxylic acids is 1. The first-order chi connectivity index (χ1) is 10.1. The van der Waals surface area contributed by atoms with Crippen LogP contribution in [0.4, 0.5) is 4.79 Å². The average molecular weight is 296 g/mol. The van der Waals surface area contributed by atoms with E-state index in [1.54, 1.807) is 4.90 Å². The number of likely N-dealkylation sites (tertiary alicyclic amines) is 1. The Labute approximate surface area is 122 Å². The fraction of sp³-hybridized carbons (Fsp3) is 0.692. The van der Waals surface area contributed by atoms with E-state index in [-0.39, 0.29) is 6.03 Å². The Morgan fingerprint density at radius 1 is 1.48 bits per heavy atom. The van der Waals surface area contributed by atoms with Gasteiger partial charge in [0.25, 0.3) is 0 Å². The Bertz CT molecular complexity index is 480. The maximum Gasteiger partial charge on any atom is 0.317 e. The maximum atomic E-state index is 12.0. The molecule has 2 N–H and O–H groups in total. The van der Waals surface area contributed by atoms with Crippen LogP contribution in [0.2, 0.25) is 0 Å². The standard InChI is InChI=1S/C13H20N4O4/c1-2-13(11(18)19)4-7-17(8-5-13)12(20)14-6-3-10-15-9-21-16-10/h9H,2-8H2,1H3,(H,14,20)(H,18,19). The molecule has 0 spiro atoms. The smallest absolute Gasteiger partial charge is 0.317 e. The van der Waals surface area contributed by atoms with Crippen molar-refractivity contribution in [3.05, 3.63) is 12.2 Å². The van der Waals surface area contributed by atoms with E-state index in [1.807, 2.05) is 6.92 Å². The second-order valence-electron chi connectivity index (χ2n) is 5.26. The van der Waals surface area contributed by atoms with Gasteiger partial charge in [-0.05, 0) is 19.3 Å². The summed E-state index contributed by atoms with van der Waals surface area (Å²) in [6.45, 7) is 3.24. The highest BCUT2D eigenvalue weighted by atomic mass is 16.5. The van der Waals surface area contributed by atoms with Gasteiger partial charge in [0.2, 0.25) is 6.39 Å². The number of nitrogens with zero attached hydrogens (tertiary/aromatic N) is 3. The van der Waals surface area contributed by atoms with Gasteiger partial charge in [-0.2, -0.15) is 4.98 Å². The number of rotatable bonds is 5. The minimum Gasteiger partial charge on any atom is -0.481 e. The van der Waals surface area contributed by atoms with E-state index >= 15 is 0 Å². The third-order valence-electron chi connectivity index (χ3n) is 4.17. The van der Waals surface area contributed by atoms with Gasteiger partial charge in [0.15, 0.2) is 5.82 Å². The zero-order valence-electron chi connectivity index (χ0n) is 12.0. The normalized spacial score (nSPS) is 17.5. The third kappa shape index (κ3) is 3.50. The predicted octanol–water partition coefficient (Wildman–Crippen LogP) is 0.898. The molecule has 8 nitrogen and oxygen atoms in total. The molecule has 1 saturated heterocycles. The second-order valence-corrected chi connectivity index (χ2v) is 5.26. The van der Waals surface area contributed by atoms with Gasteiger partial charge in [0, 0.05) is 26.1 Å². The Hall–Kier alpha value is -2.12. The molecule has 0 bridgehead atoms. The number of amides is 2. The van der Waals surface area contributed by atoms with Gasteiger partial charge in [-0.1, -0.05) is 12.1 Å². The van der Waals surface area contributed by atoms with E-state index in [4.69, 9.17) is 0 Å². The van der Waals surface area contributed by atoms with Gasteiger partial charge in [-0.25, -0.2) is 4.79 Å². The van der Waals surface area contributed by atoms with E-state index in [0.29, 0.717) is 51.1 Å². The number of carbonyl (C=O) groups excluding carboxylic acids is 1. The highest BCUT2D eigenvalue weighted by Gasteiger charge is 2.40. The molecule has 0 aliphatic carbocycles. The summed E-state index contributed by atoms with van der Waals surface area (Å²) < 4.78 is 4.61. The van der Waals surface area contributed by atoms with Gasteiger partial charge in [-0.3, -0.25) is 4.79 Å². The molecule has 21 heavy (non-hydrogen) atoms. The molecule has 0 atom stereocenters. The maximum absolute atomic E-state index is 12.0. The fourth-order valence-electron chi connectivity index (χ4n) is 2.55. The summed E-state index contributed by atoms with van der Waals surface area (Å²) in [4.78, 5) is 28.9. The quantitative estimate of drug-likeness (QED) is 0.835. The first-order valence-electron chi connectivity index (χ1n) is 7.09. The van der Waals surface area contributed by atoms with Crippen LogP contribution >= 0.6 is 0 Å². The number of nitrogens with one attached hydrogen (secondary N) is 1. The summed E-state index contributed by atoms with van der Waals surface area (Å²) in [5.74, 6) is -0.216. The van der Waals surface area contributed by atoms with Gasteiger partial charge in [-0.15, -0.1) is 0 Å². The van der Waals surface area contributed by atoms with Crippen LogP contribution in [0.25, 0.3) is 0 Å². The highest BCUT2D eigenvalue weighted by molar-refractivity contribution is 5.77. The molecular formula is C13H20N4O4. The van der Waals surface area contributed by atoms with Crippen molar-refractivity contribution >= 4 is 12.0 Å². The monoisotopic (exact) mass is 296 g/mol. The van der Waals surface area contributed by atoms with Gasteiger partial charge in [0.05, 0.1) is 5.41 Å². The number of hydrogen-bond acceptors (Lipinski definition) is 5. The minimum absolute atomic E-state index is 0.173. The van der Waals surface area contributed by atoms with Crippen molar-refractivity contribution in [2.24, 2.45) is 5.41 Å². The van der Waals surface area contributed by atoms with Crippen molar-refractivity contribution in [2.45, 2.75) is 32.6 Å². The SMILES string of the molecule is CCC1(C(=O)O)CCN(C(=O)NCCc2ncon2)CC1. The molecular weight excluding hydrogens is 276 g/mol. The summed E-state index contributed by atoms with van der Waals surface area (Å²) in [6, 6.07) is -0.173. The Morgan fingerprint density at radius 3 is 2.71 bits per heavy atom. The average Bonchev–Trinajstić information content (AvgIpc) is 3.00. The molecule has 8 heteroatoms. The van der Waals surface area contributed by atoms with Crippen LogP contribution < -0.4 is 5.32 Å². The molecule has 0 aromatic carbocycles. The van der Waals surface area contributed by atoms with Crippen LogP contribution in [0.1, 0.15) is 32.0 Å². The second kappa shape index (κ2) is 6.55.